The van der Waals surface area contributed by atoms with Crippen molar-refractivity contribution in [1.29, 1.82) is 0 Å². The van der Waals surface area contributed by atoms with Gasteiger partial charge in [0.15, 0.2) is 0 Å². The number of aliphatic hydroxyl groups excluding tert-OH is 4. The van der Waals surface area contributed by atoms with E-state index in [9.17, 15) is 20.4 Å². The number of ether oxygens (including phenoxy) is 1. The van der Waals surface area contributed by atoms with Crippen molar-refractivity contribution in [3.05, 3.63) is 70.6 Å². The van der Waals surface area contributed by atoms with E-state index >= 15 is 0 Å². The Balaban J connectivity index is 1.49. The number of aryl methyl sites for hydroxylation is 2. The van der Waals surface area contributed by atoms with Crippen LogP contribution in [0.1, 0.15) is 22.1 Å². The van der Waals surface area contributed by atoms with E-state index in [2.05, 4.69) is 18.2 Å². The summed E-state index contributed by atoms with van der Waals surface area (Å²) >= 11 is 1.80. The number of aliphatic hydroxyl groups is 4. The number of benzene rings is 2. The molecule has 148 valence electrons. The predicted molar refractivity (Wildman–Crippen MR) is 108 cm³/mol. The highest BCUT2D eigenvalue weighted by Gasteiger charge is 2.43. The van der Waals surface area contributed by atoms with Gasteiger partial charge in [0.1, 0.15) is 30.5 Å². The van der Waals surface area contributed by atoms with Crippen molar-refractivity contribution in [3.8, 4) is 0 Å². The first-order chi connectivity index (χ1) is 13.6. The van der Waals surface area contributed by atoms with Crippen molar-refractivity contribution in [3.63, 3.8) is 0 Å². The highest BCUT2D eigenvalue weighted by molar-refractivity contribution is 7.19. The van der Waals surface area contributed by atoms with E-state index in [4.69, 9.17) is 4.74 Å². The minimum Gasteiger partial charge on any atom is -0.394 e. The van der Waals surface area contributed by atoms with Gasteiger partial charge in [-0.05, 0) is 41.5 Å². The number of fused-ring (bicyclic) bond motifs is 1. The second kappa shape index (κ2) is 8.29. The van der Waals surface area contributed by atoms with E-state index < -0.39 is 37.1 Å². The molecule has 4 N–H and O–H groups in total. The first-order valence-corrected chi connectivity index (χ1v) is 10.3. The Morgan fingerprint density at radius 3 is 2.46 bits per heavy atom. The molecule has 0 amide bonds. The largest absolute Gasteiger partial charge is 0.394 e. The van der Waals surface area contributed by atoms with Crippen molar-refractivity contribution in [2.24, 2.45) is 0 Å². The summed E-state index contributed by atoms with van der Waals surface area (Å²) in [7, 11) is 0. The van der Waals surface area contributed by atoms with Crippen LogP contribution in [0.5, 0.6) is 0 Å². The molecule has 0 radical (unpaired) electrons. The smallest absolute Gasteiger partial charge is 0.113 e. The average Bonchev–Trinajstić information content (AvgIpc) is 3.14. The first kappa shape index (κ1) is 19.5. The van der Waals surface area contributed by atoms with Crippen molar-refractivity contribution < 1.29 is 25.2 Å². The van der Waals surface area contributed by atoms with E-state index in [1.165, 1.54) is 15.0 Å². The fraction of sp³-hybridized carbons (Fsp3) is 0.364. The molecule has 0 spiro atoms. The molecule has 0 bridgehead atoms. The highest BCUT2D eigenvalue weighted by atomic mass is 32.1. The van der Waals surface area contributed by atoms with Gasteiger partial charge in [-0.25, -0.2) is 0 Å². The Labute approximate surface area is 167 Å². The predicted octanol–water partition coefficient (Wildman–Crippen LogP) is 2.20. The Hall–Kier alpha value is -1.80. The lowest BCUT2D eigenvalue weighted by molar-refractivity contribution is -0.231. The molecule has 5 nitrogen and oxygen atoms in total. The normalized spacial score (nSPS) is 27.9. The van der Waals surface area contributed by atoms with E-state index in [0.29, 0.717) is 0 Å². The van der Waals surface area contributed by atoms with Gasteiger partial charge in [0, 0.05) is 9.58 Å². The Kier molecular flexibility index (Phi) is 5.78. The molecular weight excluding hydrogens is 376 g/mol. The van der Waals surface area contributed by atoms with Crippen molar-refractivity contribution in [2.75, 3.05) is 6.61 Å². The van der Waals surface area contributed by atoms with Gasteiger partial charge < -0.3 is 25.2 Å². The molecule has 2 heterocycles. The van der Waals surface area contributed by atoms with Gasteiger partial charge in [-0.2, -0.15) is 0 Å². The summed E-state index contributed by atoms with van der Waals surface area (Å²) in [6, 6.07) is 18.3. The summed E-state index contributed by atoms with van der Waals surface area (Å²) in [6.07, 6.45) is -3.89. The summed E-state index contributed by atoms with van der Waals surface area (Å²) in [4.78, 5) is 1.32. The lowest BCUT2D eigenvalue weighted by Gasteiger charge is -2.40. The summed E-state index contributed by atoms with van der Waals surface area (Å²) < 4.78 is 6.95. The Morgan fingerprint density at radius 1 is 0.857 bits per heavy atom. The lowest BCUT2D eigenvalue weighted by atomic mass is 9.90. The average molecular weight is 400 g/mol. The second-order valence-electron chi connectivity index (χ2n) is 7.25. The van der Waals surface area contributed by atoms with Crippen LogP contribution in [0, 0.1) is 0 Å². The standard InChI is InChI=1S/C22H24O5S/c23-12-17-19(24)20(25)21(26)22(27-17)15-6-3-4-13(10-15)8-9-16-11-14-5-1-2-7-18(14)28-16/h1-7,10-11,17,19-26H,8-9,12H2/t17-,19-,20+,21-,22+/m1/s1. The van der Waals surface area contributed by atoms with Crippen LogP contribution in [0.25, 0.3) is 10.1 Å². The fourth-order valence-electron chi connectivity index (χ4n) is 3.73. The van der Waals surface area contributed by atoms with Crippen LogP contribution in [0.3, 0.4) is 0 Å². The molecule has 0 saturated carbocycles. The molecule has 0 unspecified atom stereocenters. The molecular formula is C22H24O5S. The molecule has 5 atom stereocenters. The van der Waals surface area contributed by atoms with Crippen LogP contribution < -0.4 is 0 Å². The van der Waals surface area contributed by atoms with E-state index in [1.807, 2.05) is 36.4 Å². The maximum atomic E-state index is 10.3. The van der Waals surface area contributed by atoms with E-state index in [1.54, 1.807) is 11.3 Å². The highest BCUT2D eigenvalue weighted by Crippen LogP contribution is 2.33. The Bertz CT molecular complexity index is 904. The van der Waals surface area contributed by atoms with Gasteiger partial charge in [-0.3, -0.25) is 0 Å². The lowest BCUT2D eigenvalue weighted by Crippen LogP contribution is -2.55. The van der Waals surface area contributed by atoms with Crippen LogP contribution in [-0.2, 0) is 17.6 Å². The maximum Gasteiger partial charge on any atom is 0.113 e. The first-order valence-electron chi connectivity index (χ1n) is 9.43. The molecule has 1 fully saturated rings. The van der Waals surface area contributed by atoms with Crippen LogP contribution in [-0.4, -0.2) is 51.4 Å². The fourth-order valence-corrected chi connectivity index (χ4v) is 4.79. The summed E-state index contributed by atoms with van der Waals surface area (Å²) in [5, 5.41) is 41.0. The van der Waals surface area contributed by atoms with Gasteiger partial charge in [0.25, 0.3) is 0 Å². The van der Waals surface area contributed by atoms with Crippen LogP contribution in [0.15, 0.2) is 54.6 Å². The molecule has 2 aromatic carbocycles. The minimum atomic E-state index is -1.36. The molecule has 1 aromatic heterocycles. The van der Waals surface area contributed by atoms with E-state index in [-0.39, 0.29) is 0 Å². The van der Waals surface area contributed by atoms with Crippen molar-refractivity contribution in [1.82, 2.24) is 0 Å². The molecule has 1 aliphatic rings. The molecule has 3 aromatic rings. The zero-order chi connectivity index (χ0) is 19.7. The van der Waals surface area contributed by atoms with Gasteiger partial charge in [0.2, 0.25) is 0 Å². The summed E-state index contributed by atoms with van der Waals surface area (Å²) in [6.45, 7) is -0.424. The third-order valence-corrected chi connectivity index (χ3v) is 6.48. The monoisotopic (exact) mass is 400 g/mol. The SMILES string of the molecule is OC[C@H]1O[C@@H](c2cccc(CCc3cc4ccccc4s3)c2)[C@H](O)[C@@H](O)[C@@H]1O. The topological polar surface area (TPSA) is 90.2 Å². The van der Waals surface area contributed by atoms with Gasteiger partial charge >= 0.3 is 0 Å². The maximum absolute atomic E-state index is 10.3. The number of thiophene rings is 1. The summed E-state index contributed by atoms with van der Waals surface area (Å²) in [5.74, 6) is 0. The van der Waals surface area contributed by atoms with Crippen LogP contribution in [0.4, 0.5) is 0 Å². The minimum absolute atomic E-state index is 0.424. The van der Waals surface area contributed by atoms with Gasteiger partial charge in [0.05, 0.1) is 6.61 Å². The molecule has 4 rings (SSSR count). The molecule has 28 heavy (non-hydrogen) atoms. The van der Waals surface area contributed by atoms with E-state index in [0.717, 1.165) is 24.0 Å². The molecule has 0 aliphatic carbocycles. The van der Waals surface area contributed by atoms with Crippen molar-refractivity contribution in [2.45, 2.75) is 43.4 Å². The zero-order valence-corrected chi connectivity index (χ0v) is 16.1. The molecule has 1 aliphatic heterocycles. The Morgan fingerprint density at radius 2 is 1.68 bits per heavy atom. The van der Waals surface area contributed by atoms with Gasteiger partial charge in [-0.15, -0.1) is 11.3 Å². The molecule has 1 saturated heterocycles. The van der Waals surface area contributed by atoms with Crippen LogP contribution >= 0.6 is 11.3 Å². The third kappa shape index (κ3) is 3.85. The third-order valence-electron chi connectivity index (χ3n) is 5.31. The number of rotatable bonds is 5. The number of hydrogen-bond acceptors (Lipinski definition) is 6. The van der Waals surface area contributed by atoms with Crippen LogP contribution in [0.2, 0.25) is 0 Å². The quantitative estimate of drug-likeness (QED) is 0.527. The zero-order valence-electron chi connectivity index (χ0n) is 15.3. The van der Waals surface area contributed by atoms with Crippen molar-refractivity contribution >= 4 is 21.4 Å². The summed E-state index contributed by atoms with van der Waals surface area (Å²) in [5.41, 5.74) is 1.83. The van der Waals surface area contributed by atoms with Gasteiger partial charge in [-0.1, -0.05) is 42.5 Å². The molecule has 6 heteroatoms. The second-order valence-corrected chi connectivity index (χ2v) is 8.41. The number of hydrogen-bond donors (Lipinski definition) is 4.